The first kappa shape index (κ1) is 19.4. The molecule has 7 nitrogen and oxygen atoms in total. The number of fused-ring (bicyclic) bond motifs is 1. The maximum atomic E-state index is 10.9. The number of carbonyl (C=O) groups is 1. The van der Waals surface area contributed by atoms with Crippen molar-refractivity contribution >= 4 is 35.1 Å². The molecular formula is C24H24N6O. The zero-order valence-electron chi connectivity index (χ0n) is 17.3. The molecule has 2 aliphatic rings. The molecule has 3 aromatic rings. The van der Waals surface area contributed by atoms with E-state index in [0.29, 0.717) is 6.54 Å². The van der Waals surface area contributed by atoms with Crippen molar-refractivity contribution in [2.24, 2.45) is 15.9 Å². The minimum atomic E-state index is -0.193. The van der Waals surface area contributed by atoms with Crippen LogP contribution in [0.2, 0.25) is 0 Å². The van der Waals surface area contributed by atoms with Crippen molar-refractivity contribution in [1.82, 2.24) is 15.1 Å². The zero-order chi connectivity index (χ0) is 21.0. The molecule has 156 valence electrons. The molecule has 5 rings (SSSR count). The zero-order valence-corrected chi connectivity index (χ0v) is 17.3. The summed E-state index contributed by atoms with van der Waals surface area (Å²) in [7, 11) is 0. The maximum absolute atomic E-state index is 10.9. The SMILES string of the molecule is O=CC1C=NC(N2CCN(c3nnc(Cc4ccccc4)c4ccccc34)CC2)=NC1. The van der Waals surface area contributed by atoms with Crippen molar-refractivity contribution < 1.29 is 4.79 Å². The van der Waals surface area contributed by atoms with Crippen LogP contribution in [0.1, 0.15) is 11.3 Å². The highest BCUT2D eigenvalue weighted by Gasteiger charge is 2.24. The van der Waals surface area contributed by atoms with Crippen LogP contribution in [0.3, 0.4) is 0 Å². The average molecular weight is 412 g/mol. The molecular weight excluding hydrogens is 388 g/mol. The highest BCUT2D eigenvalue weighted by atomic mass is 16.1. The van der Waals surface area contributed by atoms with E-state index in [2.05, 4.69) is 78.5 Å². The quantitative estimate of drug-likeness (QED) is 0.616. The number of hydrogen-bond acceptors (Lipinski definition) is 7. The number of carbonyl (C=O) groups excluding carboxylic acids is 1. The van der Waals surface area contributed by atoms with E-state index < -0.39 is 0 Å². The monoisotopic (exact) mass is 412 g/mol. The highest BCUT2D eigenvalue weighted by Crippen LogP contribution is 2.28. The van der Waals surface area contributed by atoms with Crippen molar-refractivity contribution in [2.45, 2.75) is 6.42 Å². The number of aliphatic imine (C=N–C) groups is 2. The van der Waals surface area contributed by atoms with E-state index in [0.717, 1.165) is 67.1 Å². The first-order valence-electron chi connectivity index (χ1n) is 10.6. The largest absolute Gasteiger partial charge is 0.351 e. The fraction of sp³-hybridized carbons (Fsp3) is 0.292. The van der Waals surface area contributed by atoms with Crippen LogP contribution in [0.15, 0.2) is 64.6 Å². The molecule has 31 heavy (non-hydrogen) atoms. The Morgan fingerprint density at radius 3 is 2.29 bits per heavy atom. The van der Waals surface area contributed by atoms with Gasteiger partial charge in [0.2, 0.25) is 5.96 Å². The maximum Gasteiger partial charge on any atom is 0.220 e. The van der Waals surface area contributed by atoms with Gasteiger partial charge in [-0.05, 0) is 5.56 Å². The second-order valence-electron chi connectivity index (χ2n) is 7.87. The number of anilines is 1. The summed E-state index contributed by atoms with van der Waals surface area (Å²) in [5, 5.41) is 11.6. The summed E-state index contributed by atoms with van der Waals surface area (Å²) in [5.74, 6) is 1.47. The number of aldehydes is 1. The standard InChI is InChI=1S/C24H24N6O/c31-17-19-15-25-24(26-16-19)30-12-10-29(11-13-30)23-21-9-5-4-8-20(21)22(27-28-23)14-18-6-2-1-3-7-18/h1-9,15,17,19H,10-14,16H2. The molecule has 1 unspecified atom stereocenters. The van der Waals surface area contributed by atoms with Gasteiger partial charge in [0, 0.05) is 49.6 Å². The Morgan fingerprint density at radius 2 is 1.58 bits per heavy atom. The van der Waals surface area contributed by atoms with Crippen molar-refractivity contribution in [2.75, 3.05) is 37.6 Å². The van der Waals surface area contributed by atoms with Gasteiger partial charge in [0.05, 0.1) is 18.2 Å². The van der Waals surface area contributed by atoms with Gasteiger partial charge in [0.15, 0.2) is 5.82 Å². The van der Waals surface area contributed by atoms with Gasteiger partial charge in [-0.1, -0.05) is 54.6 Å². The molecule has 0 amide bonds. The van der Waals surface area contributed by atoms with Gasteiger partial charge in [0.1, 0.15) is 6.29 Å². The van der Waals surface area contributed by atoms with Crippen LogP contribution in [0, 0.1) is 5.92 Å². The predicted molar refractivity (Wildman–Crippen MR) is 123 cm³/mol. The van der Waals surface area contributed by atoms with Crippen LogP contribution in [0.4, 0.5) is 5.82 Å². The third kappa shape index (κ3) is 4.03. The van der Waals surface area contributed by atoms with E-state index in [9.17, 15) is 4.79 Å². The van der Waals surface area contributed by atoms with E-state index in [4.69, 9.17) is 0 Å². The molecule has 1 fully saturated rings. The Labute approximate surface area is 181 Å². The number of hydrogen-bond donors (Lipinski definition) is 0. The van der Waals surface area contributed by atoms with E-state index in [1.54, 1.807) is 6.21 Å². The Balaban J connectivity index is 1.35. The molecule has 1 atom stereocenters. The number of piperazine rings is 1. The van der Waals surface area contributed by atoms with E-state index >= 15 is 0 Å². The molecule has 1 aromatic heterocycles. The molecule has 0 spiro atoms. The molecule has 3 heterocycles. The minimum absolute atomic E-state index is 0.193. The summed E-state index contributed by atoms with van der Waals surface area (Å²) in [6.45, 7) is 3.75. The molecule has 0 saturated carbocycles. The number of benzene rings is 2. The van der Waals surface area contributed by atoms with Gasteiger partial charge in [-0.15, -0.1) is 5.10 Å². The highest BCUT2D eigenvalue weighted by molar-refractivity contribution is 5.95. The summed E-state index contributed by atoms with van der Waals surface area (Å²) >= 11 is 0. The number of nitrogens with zero attached hydrogens (tertiary/aromatic N) is 6. The third-order valence-electron chi connectivity index (χ3n) is 5.82. The summed E-state index contributed by atoms with van der Waals surface area (Å²) in [4.78, 5) is 24.2. The first-order valence-corrected chi connectivity index (χ1v) is 10.6. The van der Waals surface area contributed by atoms with E-state index in [-0.39, 0.29) is 5.92 Å². The molecule has 1 saturated heterocycles. The molecule has 2 aliphatic heterocycles. The summed E-state index contributed by atoms with van der Waals surface area (Å²) in [6.07, 6.45) is 3.36. The average Bonchev–Trinajstić information content (AvgIpc) is 2.85. The summed E-state index contributed by atoms with van der Waals surface area (Å²) in [6, 6.07) is 18.8. The normalized spacial score (nSPS) is 18.8. The lowest BCUT2D eigenvalue weighted by Crippen LogP contribution is -2.49. The van der Waals surface area contributed by atoms with Crippen LogP contribution >= 0.6 is 0 Å². The molecule has 0 radical (unpaired) electrons. The second-order valence-corrected chi connectivity index (χ2v) is 7.87. The Bertz CT molecular complexity index is 1140. The fourth-order valence-corrected chi connectivity index (χ4v) is 4.11. The molecule has 2 aromatic carbocycles. The van der Waals surface area contributed by atoms with Gasteiger partial charge in [-0.3, -0.25) is 4.99 Å². The third-order valence-corrected chi connectivity index (χ3v) is 5.82. The number of guanidine groups is 1. The van der Waals surface area contributed by atoms with Crippen LogP contribution < -0.4 is 4.90 Å². The Morgan fingerprint density at radius 1 is 0.871 bits per heavy atom. The van der Waals surface area contributed by atoms with Crippen molar-refractivity contribution in [3.8, 4) is 0 Å². The van der Waals surface area contributed by atoms with Crippen molar-refractivity contribution in [3.05, 3.63) is 65.9 Å². The van der Waals surface area contributed by atoms with E-state index in [1.807, 2.05) is 6.07 Å². The van der Waals surface area contributed by atoms with Gasteiger partial charge < -0.3 is 14.6 Å². The van der Waals surface area contributed by atoms with Gasteiger partial charge in [-0.2, -0.15) is 5.10 Å². The number of aromatic nitrogens is 2. The molecule has 0 N–H and O–H groups in total. The molecule has 7 heteroatoms. The van der Waals surface area contributed by atoms with Crippen molar-refractivity contribution in [1.29, 1.82) is 0 Å². The topological polar surface area (TPSA) is 74.1 Å². The minimum Gasteiger partial charge on any atom is -0.351 e. The van der Waals surface area contributed by atoms with E-state index in [1.165, 1.54) is 5.56 Å². The van der Waals surface area contributed by atoms with Gasteiger partial charge in [-0.25, -0.2) is 4.99 Å². The Hall–Kier alpha value is -3.61. The van der Waals surface area contributed by atoms with Crippen LogP contribution in [-0.4, -0.2) is 66.3 Å². The smallest absolute Gasteiger partial charge is 0.220 e. The van der Waals surface area contributed by atoms with Crippen LogP contribution in [0.25, 0.3) is 10.8 Å². The predicted octanol–water partition coefficient (Wildman–Crippen LogP) is 2.60. The van der Waals surface area contributed by atoms with Gasteiger partial charge >= 0.3 is 0 Å². The Kier molecular flexibility index (Phi) is 5.39. The second kappa shape index (κ2) is 8.63. The molecule has 0 bridgehead atoms. The summed E-state index contributed by atoms with van der Waals surface area (Å²) < 4.78 is 0. The lowest BCUT2D eigenvalue weighted by Gasteiger charge is -2.36. The lowest BCUT2D eigenvalue weighted by atomic mass is 10.0. The molecule has 0 aliphatic carbocycles. The van der Waals surface area contributed by atoms with Crippen LogP contribution in [0.5, 0.6) is 0 Å². The lowest BCUT2D eigenvalue weighted by molar-refractivity contribution is -0.109. The fourth-order valence-electron chi connectivity index (χ4n) is 4.11. The van der Waals surface area contributed by atoms with Gasteiger partial charge in [0.25, 0.3) is 0 Å². The first-order chi connectivity index (χ1) is 15.3. The summed E-state index contributed by atoms with van der Waals surface area (Å²) in [5.41, 5.74) is 2.23. The number of rotatable bonds is 4. The van der Waals surface area contributed by atoms with Crippen molar-refractivity contribution in [3.63, 3.8) is 0 Å². The van der Waals surface area contributed by atoms with Crippen LogP contribution in [-0.2, 0) is 11.2 Å².